The molecule has 0 heterocycles. The highest BCUT2D eigenvalue weighted by molar-refractivity contribution is 6.33. The SMILES string of the molecule is O=C(CNC(=O)c1ccccc1Cl)Nc1ccccc1F. The number of hydrogen-bond acceptors (Lipinski definition) is 2. The van der Waals surface area contributed by atoms with Gasteiger partial charge in [0.15, 0.2) is 0 Å². The Morgan fingerprint density at radius 3 is 2.43 bits per heavy atom. The second-order valence-corrected chi connectivity index (χ2v) is 4.60. The maximum atomic E-state index is 13.3. The lowest BCUT2D eigenvalue weighted by Gasteiger charge is -2.08. The van der Waals surface area contributed by atoms with Crippen LogP contribution < -0.4 is 10.6 Å². The molecule has 0 aliphatic rings. The van der Waals surface area contributed by atoms with Crippen molar-refractivity contribution in [3.8, 4) is 0 Å². The van der Waals surface area contributed by atoms with Gasteiger partial charge in [-0.1, -0.05) is 35.9 Å². The van der Waals surface area contributed by atoms with Gasteiger partial charge in [0, 0.05) is 0 Å². The molecule has 2 amide bonds. The molecular formula is C15H12ClFN2O2. The van der Waals surface area contributed by atoms with E-state index in [1.54, 1.807) is 30.3 Å². The minimum atomic E-state index is -0.539. The number of rotatable bonds is 4. The van der Waals surface area contributed by atoms with E-state index in [2.05, 4.69) is 10.6 Å². The van der Waals surface area contributed by atoms with E-state index in [9.17, 15) is 14.0 Å². The molecule has 21 heavy (non-hydrogen) atoms. The predicted octanol–water partition coefficient (Wildman–Crippen LogP) is 2.85. The molecule has 0 saturated carbocycles. The standard InChI is InChI=1S/C15H12ClFN2O2/c16-11-6-2-1-5-10(11)15(21)18-9-14(20)19-13-8-4-3-7-12(13)17/h1-8H,9H2,(H,18,21)(H,19,20). The third kappa shape index (κ3) is 4.03. The summed E-state index contributed by atoms with van der Waals surface area (Å²) in [5.41, 5.74) is 0.340. The molecule has 0 aliphatic heterocycles. The molecule has 2 rings (SSSR count). The first-order chi connectivity index (χ1) is 10.1. The number of benzene rings is 2. The number of anilines is 1. The average molecular weight is 307 g/mol. The van der Waals surface area contributed by atoms with Crippen LogP contribution in [0.4, 0.5) is 10.1 Å². The van der Waals surface area contributed by atoms with E-state index in [1.165, 1.54) is 18.2 Å². The van der Waals surface area contributed by atoms with Crippen molar-refractivity contribution >= 4 is 29.1 Å². The molecule has 0 atom stereocenters. The van der Waals surface area contributed by atoms with Crippen LogP contribution in [0.2, 0.25) is 5.02 Å². The normalized spacial score (nSPS) is 10.0. The van der Waals surface area contributed by atoms with Crippen molar-refractivity contribution in [3.05, 3.63) is 64.9 Å². The number of nitrogens with one attached hydrogen (secondary N) is 2. The summed E-state index contributed by atoms with van der Waals surface area (Å²) in [4.78, 5) is 23.5. The van der Waals surface area contributed by atoms with Gasteiger partial charge < -0.3 is 10.6 Å². The molecule has 0 bridgehead atoms. The van der Waals surface area contributed by atoms with E-state index in [4.69, 9.17) is 11.6 Å². The first-order valence-corrected chi connectivity index (χ1v) is 6.53. The zero-order valence-corrected chi connectivity index (χ0v) is 11.7. The zero-order chi connectivity index (χ0) is 15.2. The lowest BCUT2D eigenvalue weighted by Crippen LogP contribution is -2.33. The van der Waals surface area contributed by atoms with Crippen LogP contribution in [-0.2, 0) is 4.79 Å². The first kappa shape index (κ1) is 15.0. The summed E-state index contributed by atoms with van der Waals surface area (Å²) in [7, 11) is 0. The van der Waals surface area contributed by atoms with Crippen molar-refractivity contribution in [1.82, 2.24) is 5.32 Å². The maximum absolute atomic E-state index is 13.3. The van der Waals surface area contributed by atoms with E-state index in [0.717, 1.165) is 0 Å². The molecule has 0 radical (unpaired) electrons. The van der Waals surface area contributed by atoms with E-state index >= 15 is 0 Å². The van der Waals surface area contributed by atoms with Gasteiger partial charge in [-0.15, -0.1) is 0 Å². The first-order valence-electron chi connectivity index (χ1n) is 6.15. The third-order valence-corrected chi connectivity index (χ3v) is 3.01. The Labute approximate surface area is 125 Å². The van der Waals surface area contributed by atoms with Crippen LogP contribution in [0, 0.1) is 5.82 Å². The maximum Gasteiger partial charge on any atom is 0.253 e. The van der Waals surface area contributed by atoms with Crippen LogP contribution in [0.5, 0.6) is 0 Å². The number of amides is 2. The predicted molar refractivity (Wildman–Crippen MR) is 78.8 cm³/mol. The molecule has 2 aromatic carbocycles. The minimum Gasteiger partial charge on any atom is -0.343 e. The number of hydrogen-bond donors (Lipinski definition) is 2. The van der Waals surface area contributed by atoms with Crippen molar-refractivity contribution in [2.45, 2.75) is 0 Å². The van der Waals surface area contributed by atoms with Crippen LogP contribution in [0.25, 0.3) is 0 Å². The summed E-state index contributed by atoms with van der Waals surface area (Å²) in [5.74, 6) is -1.53. The molecule has 108 valence electrons. The van der Waals surface area contributed by atoms with E-state index in [0.29, 0.717) is 5.02 Å². The molecule has 4 nitrogen and oxygen atoms in total. The lowest BCUT2D eigenvalue weighted by molar-refractivity contribution is -0.115. The van der Waals surface area contributed by atoms with Gasteiger partial charge in [0.2, 0.25) is 5.91 Å². The van der Waals surface area contributed by atoms with E-state index < -0.39 is 17.6 Å². The second-order valence-electron chi connectivity index (χ2n) is 4.19. The Bertz CT molecular complexity index is 676. The number of carbonyl (C=O) groups excluding carboxylic acids is 2. The largest absolute Gasteiger partial charge is 0.343 e. The number of carbonyl (C=O) groups is 2. The molecule has 0 aliphatic carbocycles. The summed E-state index contributed by atoms with van der Waals surface area (Å²) < 4.78 is 13.3. The van der Waals surface area contributed by atoms with E-state index in [-0.39, 0.29) is 17.8 Å². The zero-order valence-electron chi connectivity index (χ0n) is 10.9. The van der Waals surface area contributed by atoms with Crippen LogP contribution in [0.1, 0.15) is 10.4 Å². The second kappa shape index (κ2) is 6.85. The van der Waals surface area contributed by atoms with Gasteiger partial charge in [0.05, 0.1) is 22.8 Å². The Balaban J connectivity index is 1.91. The topological polar surface area (TPSA) is 58.2 Å². The molecule has 6 heteroatoms. The monoisotopic (exact) mass is 306 g/mol. The van der Waals surface area contributed by atoms with Crippen LogP contribution in [0.3, 0.4) is 0 Å². The third-order valence-electron chi connectivity index (χ3n) is 2.68. The number of halogens is 2. The lowest BCUT2D eigenvalue weighted by atomic mass is 10.2. The van der Waals surface area contributed by atoms with Crippen LogP contribution in [0.15, 0.2) is 48.5 Å². The van der Waals surface area contributed by atoms with Crippen molar-refractivity contribution < 1.29 is 14.0 Å². The van der Waals surface area contributed by atoms with Gasteiger partial charge in [0.1, 0.15) is 5.82 Å². The fourth-order valence-electron chi connectivity index (χ4n) is 1.66. The fraction of sp³-hybridized carbons (Fsp3) is 0.0667. The summed E-state index contributed by atoms with van der Waals surface area (Å²) in [6.45, 7) is -0.279. The Kier molecular flexibility index (Phi) is 4.90. The molecule has 2 N–H and O–H groups in total. The Morgan fingerprint density at radius 1 is 1.05 bits per heavy atom. The van der Waals surface area contributed by atoms with Gasteiger partial charge in [-0.25, -0.2) is 4.39 Å². The highest BCUT2D eigenvalue weighted by atomic mass is 35.5. The summed E-state index contributed by atoms with van der Waals surface area (Å²) in [6, 6.07) is 12.3. The smallest absolute Gasteiger partial charge is 0.253 e. The van der Waals surface area contributed by atoms with Crippen molar-refractivity contribution in [1.29, 1.82) is 0 Å². The fourth-order valence-corrected chi connectivity index (χ4v) is 1.88. The van der Waals surface area contributed by atoms with Crippen LogP contribution >= 0.6 is 11.6 Å². The summed E-state index contributed by atoms with van der Waals surface area (Å²) in [6.07, 6.45) is 0. The molecule has 0 unspecified atom stereocenters. The highest BCUT2D eigenvalue weighted by Crippen LogP contribution is 2.14. The Hall–Kier alpha value is -2.40. The summed E-state index contributed by atoms with van der Waals surface area (Å²) >= 11 is 5.87. The van der Waals surface area contributed by atoms with Gasteiger partial charge in [-0.05, 0) is 24.3 Å². The minimum absolute atomic E-state index is 0.0643. The molecule has 2 aromatic rings. The van der Waals surface area contributed by atoms with Gasteiger partial charge in [-0.3, -0.25) is 9.59 Å². The van der Waals surface area contributed by atoms with Crippen molar-refractivity contribution in [2.75, 3.05) is 11.9 Å². The molecule has 0 spiro atoms. The Morgan fingerprint density at radius 2 is 1.71 bits per heavy atom. The van der Waals surface area contributed by atoms with E-state index in [1.807, 2.05) is 0 Å². The number of para-hydroxylation sites is 1. The summed E-state index contributed by atoms with van der Waals surface area (Å²) in [5, 5.41) is 5.09. The highest BCUT2D eigenvalue weighted by Gasteiger charge is 2.11. The van der Waals surface area contributed by atoms with Gasteiger partial charge in [0.25, 0.3) is 5.91 Å². The average Bonchev–Trinajstić information content (AvgIpc) is 2.48. The van der Waals surface area contributed by atoms with Crippen molar-refractivity contribution in [3.63, 3.8) is 0 Å². The van der Waals surface area contributed by atoms with Gasteiger partial charge >= 0.3 is 0 Å². The molecule has 0 saturated heterocycles. The van der Waals surface area contributed by atoms with Gasteiger partial charge in [-0.2, -0.15) is 0 Å². The quantitative estimate of drug-likeness (QED) is 0.912. The molecule has 0 fully saturated rings. The van der Waals surface area contributed by atoms with Crippen molar-refractivity contribution in [2.24, 2.45) is 0 Å². The molecule has 0 aromatic heterocycles. The van der Waals surface area contributed by atoms with Crippen LogP contribution in [-0.4, -0.2) is 18.4 Å². The molecular weight excluding hydrogens is 295 g/mol.